The van der Waals surface area contributed by atoms with Crippen LogP contribution in [-0.4, -0.2) is 24.0 Å². The van der Waals surface area contributed by atoms with Gasteiger partial charge in [0.2, 0.25) is 0 Å². The maximum absolute atomic E-state index is 13.6. The van der Waals surface area contributed by atoms with Gasteiger partial charge >= 0.3 is 0 Å². The van der Waals surface area contributed by atoms with Crippen molar-refractivity contribution in [1.82, 2.24) is 4.98 Å². The summed E-state index contributed by atoms with van der Waals surface area (Å²) in [4.78, 5) is 15.8. The third kappa shape index (κ3) is 3.57. The van der Waals surface area contributed by atoms with Crippen molar-refractivity contribution in [3.05, 3.63) is 106 Å². The predicted molar refractivity (Wildman–Crippen MR) is 113 cm³/mol. The van der Waals surface area contributed by atoms with Crippen molar-refractivity contribution in [1.29, 1.82) is 0 Å². The lowest BCUT2D eigenvalue weighted by Gasteiger charge is -2.20. The average molecular weight is 389 g/mol. The lowest BCUT2D eigenvalue weighted by molar-refractivity contribution is -0.384. The van der Waals surface area contributed by atoms with E-state index < -0.39 is 4.92 Å². The van der Waals surface area contributed by atoms with Gasteiger partial charge in [0.1, 0.15) is 5.82 Å². The summed E-state index contributed by atoms with van der Waals surface area (Å²) in [5.41, 5.74) is 4.82. The summed E-state index contributed by atoms with van der Waals surface area (Å²) in [6.45, 7) is 0. The van der Waals surface area contributed by atoms with Crippen LogP contribution in [0.25, 0.3) is 10.9 Å². The van der Waals surface area contributed by atoms with Gasteiger partial charge in [-0.2, -0.15) is 0 Å². The van der Waals surface area contributed by atoms with Gasteiger partial charge in [0.05, 0.1) is 4.92 Å². The molecule has 1 heterocycles. The quantitative estimate of drug-likeness (QED) is 0.364. The third-order valence-corrected chi connectivity index (χ3v) is 5.17. The Kier molecular flexibility index (Phi) is 4.76. The van der Waals surface area contributed by atoms with Gasteiger partial charge in [-0.1, -0.05) is 24.3 Å². The van der Waals surface area contributed by atoms with Crippen LogP contribution in [0, 0.1) is 15.9 Å². The fourth-order valence-corrected chi connectivity index (χ4v) is 3.66. The number of nitrogens with zero attached hydrogens (tertiary/aromatic N) is 2. The number of benzene rings is 3. The van der Waals surface area contributed by atoms with Crippen LogP contribution in [0.15, 0.2) is 72.9 Å². The Morgan fingerprint density at radius 3 is 2.17 bits per heavy atom. The molecule has 0 radical (unpaired) electrons. The highest BCUT2D eigenvalue weighted by molar-refractivity contribution is 5.85. The number of nitrogens with one attached hydrogen (secondary N) is 1. The monoisotopic (exact) mass is 389 g/mol. The summed E-state index contributed by atoms with van der Waals surface area (Å²) in [6, 6.07) is 19.5. The summed E-state index contributed by atoms with van der Waals surface area (Å²) in [5, 5.41) is 12.0. The van der Waals surface area contributed by atoms with Gasteiger partial charge in [-0.3, -0.25) is 10.1 Å². The Bertz CT molecular complexity index is 1170. The Balaban J connectivity index is 1.87. The minimum Gasteiger partial charge on any atom is -0.378 e. The van der Waals surface area contributed by atoms with Crippen molar-refractivity contribution in [3.63, 3.8) is 0 Å². The zero-order chi connectivity index (χ0) is 20.5. The molecule has 0 aliphatic heterocycles. The van der Waals surface area contributed by atoms with E-state index in [-0.39, 0.29) is 17.4 Å². The average Bonchev–Trinajstić information content (AvgIpc) is 3.11. The number of halogens is 1. The first kappa shape index (κ1) is 18.7. The SMILES string of the molecule is CN(C)c1ccc(C(c2ccc([N+](=O)[O-])cc2)c2c[nH]c3cc(F)ccc23)cc1. The molecule has 6 heteroatoms. The van der Waals surface area contributed by atoms with Gasteiger partial charge in [0.25, 0.3) is 5.69 Å². The highest BCUT2D eigenvalue weighted by Crippen LogP contribution is 2.37. The molecule has 1 N–H and O–H groups in total. The zero-order valence-electron chi connectivity index (χ0n) is 16.1. The topological polar surface area (TPSA) is 62.2 Å². The zero-order valence-corrected chi connectivity index (χ0v) is 16.1. The summed E-state index contributed by atoms with van der Waals surface area (Å²) in [5.74, 6) is -0.445. The molecule has 4 aromatic rings. The lowest BCUT2D eigenvalue weighted by Crippen LogP contribution is -2.09. The van der Waals surface area contributed by atoms with E-state index in [1.165, 1.54) is 24.3 Å². The number of fused-ring (bicyclic) bond motifs is 1. The van der Waals surface area contributed by atoms with Crippen molar-refractivity contribution in [2.45, 2.75) is 5.92 Å². The Morgan fingerprint density at radius 2 is 1.59 bits per heavy atom. The van der Waals surface area contributed by atoms with Gasteiger partial charge in [-0.15, -0.1) is 0 Å². The Hall–Kier alpha value is -3.67. The number of hydrogen-bond donors (Lipinski definition) is 1. The number of nitro groups is 1. The Morgan fingerprint density at radius 1 is 0.966 bits per heavy atom. The van der Waals surface area contributed by atoms with Gasteiger partial charge in [0, 0.05) is 54.9 Å². The summed E-state index contributed by atoms with van der Waals surface area (Å²) in [6.07, 6.45) is 1.88. The van der Waals surface area contributed by atoms with Crippen molar-refractivity contribution in [3.8, 4) is 0 Å². The van der Waals surface area contributed by atoms with Crippen LogP contribution in [0.3, 0.4) is 0 Å². The van der Waals surface area contributed by atoms with E-state index in [2.05, 4.69) is 17.1 Å². The van der Waals surface area contributed by atoms with E-state index in [1.807, 2.05) is 37.3 Å². The number of aromatic nitrogens is 1. The molecule has 0 spiro atoms. The molecule has 5 nitrogen and oxygen atoms in total. The molecule has 0 bridgehead atoms. The smallest absolute Gasteiger partial charge is 0.269 e. The highest BCUT2D eigenvalue weighted by atomic mass is 19.1. The second kappa shape index (κ2) is 7.39. The van der Waals surface area contributed by atoms with Crippen LogP contribution in [0.5, 0.6) is 0 Å². The van der Waals surface area contributed by atoms with Gasteiger partial charge in [0.15, 0.2) is 0 Å². The molecule has 146 valence electrons. The normalized spacial score (nSPS) is 12.1. The van der Waals surface area contributed by atoms with Crippen LogP contribution >= 0.6 is 0 Å². The maximum Gasteiger partial charge on any atom is 0.269 e. The minimum absolute atomic E-state index is 0.0523. The molecule has 29 heavy (non-hydrogen) atoms. The molecule has 0 amide bonds. The van der Waals surface area contributed by atoms with E-state index >= 15 is 0 Å². The molecule has 0 aliphatic rings. The minimum atomic E-state index is -0.404. The number of hydrogen-bond acceptors (Lipinski definition) is 3. The van der Waals surface area contributed by atoms with Crippen LogP contribution in [0.1, 0.15) is 22.6 Å². The summed E-state index contributed by atoms with van der Waals surface area (Å²) < 4.78 is 13.6. The molecule has 3 aromatic carbocycles. The highest BCUT2D eigenvalue weighted by Gasteiger charge is 2.21. The van der Waals surface area contributed by atoms with Crippen molar-refractivity contribution < 1.29 is 9.31 Å². The van der Waals surface area contributed by atoms with Gasteiger partial charge < -0.3 is 9.88 Å². The van der Waals surface area contributed by atoms with Crippen molar-refractivity contribution in [2.24, 2.45) is 0 Å². The fraction of sp³-hybridized carbons (Fsp3) is 0.130. The third-order valence-electron chi connectivity index (χ3n) is 5.17. The van der Waals surface area contributed by atoms with E-state index in [4.69, 9.17) is 0 Å². The number of nitro benzene ring substituents is 1. The number of rotatable bonds is 5. The largest absolute Gasteiger partial charge is 0.378 e. The molecule has 1 unspecified atom stereocenters. The van der Waals surface area contributed by atoms with E-state index in [9.17, 15) is 14.5 Å². The maximum atomic E-state index is 13.6. The van der Waals surface area contributed by atoms with Crippen LogP contribution in [0.4, 0.5) is 15.8 Å². The van der Waals surface area contributed by atoms with Crippen molar-refractivity contribution >= 4 is 22.3 Å². The second-order valence-corrected chi connectivity index (χ2v) is 7.20. The van der Waals surface area contributed by atoms with E-state index in [0.29, 0.717) is 0 Å². The molecule has 0 saturated carbocycles. The number of anilines is 1. The Labute approximate surface area is 167 Å². The van der Waals surface area contributed by atoms with Crippen molar-refractivity contribution in [2.75, 3.05) is 19.0 Å². The van der Waals surface area contributed by atoms with E-state index in [1.54, 1.807) is 18.2 Å². The molecule has 1 atom stereocenters. The first-order valence-corrected chi connectivity index (χ1v) is 9.22. The molecule has 0 fully saturated rings. The van der Waals surface area contributed by atoms with Crippen LogP contribution < -0.4 is 4.90 Å². The lowest BCUT2D eigenvalue weighted by atomic mass is 9.85. The second-order valence-electron chi connectivity index (χ2n) is 7.20. The molecule has 4 rings (SSSR count). The first-order valence-electron chi connectivity index (χ1n) is 9.22. The van der Waals surface area contributed by atoms with Gasteiger partial charge in [-0.05, 0) is 47.0 Å². The molecule has 1 aromatic heterocycles. The number of H-pyrrole nitrogens is 1. The molecule has 0 saturated heterocycles. The predicted octanol–water partition coefficient (Wildman–Crippen LogP) is 5.46. The first-order chi connectivity index (χ1) is 13.9. The molecular weight excluding hydrogens is 369 g/mol. The summed E-state index contributed by atoms with van der Waals surface area (Å²) >= 11 is 0. The molecule has 0 aliphatic carbocycles. The van der Waals surface area contributed by atoms with E-state index in [0.717, 1.165) is 33.3 Å². The summed E-state index contributed by atoms with van der Waals surface area (Å²) in [7, 11) is 3.97. The number of non-ortho nitro benzene ring substituents is 1. The van der Waals surface area contributed by atoms with Gasteiger partial charge in [-0.25, -0.2) is 4.39 Å². The molecular formula is C23H20FN3O2. The number of aromatic amines is 1. The van der Waals surface area contributed by atoms with Crippen LogP contribution in [0.2, 0.25) is 0 Å². The van der Waals surface area contributed by atoms with Crippen LogP contribution in [-0.2, 0) is 0 Å². The standard InChI is InChI=1S/C23H20FN3O2/c1-26(2)18-8-3-15(4-9-18)23(16-5-10-19(11-6-16)27(28)29)21-14-25-22-13-17(24)7-12-20(21)22/h3-14,23,25H,1-2H3. The fourth-order valence-electron chi connectivity index (χ4n) is 3.66.